The molecule has 1 N–H and O–H groups in total. The molecule has 0 unspecified atom stereocenters. The van der Waals surface area contributed by atoms with Gasteiger partial charge in [-0.3, -0.25) is 14.9 Å². The van der Waals surface area contributed by atoms with Gasteiger partial charge in [0.15, 0.2) is 10.9 Å². The number of methoxy groups -OCH3 is 2. The van der Waals surface area contributed by atoms with Crippen molar-refractivity contribution in [1.29, 1.82) is 5.26 Å². The average molecular weight is 348 g/mol. The summed E-state index contributed by atoms with van der Waals surface area (Å²) in [6, 6.07) is 4.55. The summed E-state index contributed by atoms with van der Waals surface area (Å²) in [6.07, 6.45) is 1.67. The summed E-state index contributed by atoms with van der Waals surface area (Å²) in [5.74, 6) is 0.0663. The quantitative estimate of drug-likeness (QED) is 0.375. The molecule has 0 amide bonds. The van der Waals surface area contributed by atoms with E-state index in [1.807, 2.05) is 0 Å². The SMILES string of the molecule is COc1ccc(OC)c([N+](=O)[O-])c1-c1nc(SC)[nH]c(=O)c1C#N. The molecule has 124 valence electrons. The predicted molar refractivity (Wildman–Crippen MR) is 86.5 cm³/mol. The highest BCUT2D eigenvalue weighted by molar-refractivity contribution is 7.98. The molecule has 1 aromatic carbocycles. The zero-order valence-electron chi connectivity index (χ0n) is 12.9. The molecule has 0 aliphatic rings. The monoisotopic (exact) mass is 348 g/mol. The Bertz CT molecular complexity index is 903. The third kappa shape index (κ3) is 2.89. The van der Waals surface area contributed by atoms with Crippen LogP contribution >= 0.6 is 11.8 Å². The maximum absolute atomic E-state index is 12.1. The Morgan fingerprint density at radius 1 is 1.33 bits per heavy atom. The number of thioether (sulfide) groups is 1. The summed E-state index contributed by atoms with van der Waals surface area (Å²) in [5, 5.41) is 21.1. The molecular formula is C14H12N4O5S. The summed E-state index contributed by atoms with van der Waals surface area (Å²) >= 11 is 1.13. The highest BCUT2D eigenvalue weighted by atomic mass is 32.2. The van der Waals surface area contributed by atoms with Crippen LogP contribution < -0.4 is 15.0 Å². The largest absolute Gasteiger partial charge is 0.496 e. The molecule has 0 bridgehead atoms. The summed E-state index contributed by atoms with van der Waals surface area (Å²) in [4.78, 5) is 29.6. The third-order valence-electron chi connectivity index (χ3n) is 3.16. The first-order valence-corrected chi connectivity index (χ1v) is 7.69. The molecule has 0 fully saturated rings. The van der Waals surface area contributed by atoms with E-state index in [0.717, 1.165) is 11.8 Å². The van der Waals surface area contributed by atoms with Gasteiger partial charge in [0.25, 0.3) is 5.56 Å². The van der Waals surface area contributed by atoms with Crippen LogP contribution in [0.25, 0.3) is 11.3 Å². The lowest BCUT2D eigenvalue weighted by atomic mass is 10.0. The zero-order valence-corrected chi connectivity index (χ0v) is 13.8. The highest BCUT2D eigenvalue weighted by Gasteiger charge is 2.30. The van der Waals surface area contributed by atoms with E-state index in [9.17, 15) is 20.2 Å². The van der Waals surface area contributed by atoms with E-state index in [1.54, 1.807) is 12.3 Å². The highest BCUT2D eigenvalue weighted by Crippen LogP contribution is 2.44. The maximum Gasteiger partial charge on any atom is 0.324 e. The molecule has 0 saturated heterocycles. The lowest BCUT2D eigenvalue weighted by Crippen LogP contribution is -2.15. The van der Waals surface area contributed by atoms with Gasteiger partial charge in [-0.15, -0.1) is 0 Å². The Hall–Kier alpha value is -3.06. The van der Waals surface area contributed by atoms with Crippen LogP contribution in [0.4, 0.5) is 5.69 Å². The molecule has 24 heavy (non-hydrogen) atoms. The molecule has 9 nitrogen and oxygen atoms in total. The van der Waals surface area contributed by atoms with Crippen LogP contribution in [-0.4, -0.2) is 35.4 Å². The number of aromatic nitrogens is 2. The molecule has 0 aliphatic carbocycles. The minimum atomic E-state index is -0.689. The Morgan fingerprint density at radius 3 is 2.46 bits per heavy atom. The number of hydrogen-bond donors (Lipinski definition) is 1. The van der Waals surface area contributed by atoms with Crippen molar-refractivity contribution in [2.24, 2.45) is 0 Å². The molecule has 10 heteroatoms. The summed E-state index contributed by atoms with van der Waals surface area (Å²) in [6.45, 7) is 0. The smallest absolute Gasteiger partial charge is 0.324 e. The second-order valence-corrected chi connectivity index (χ2v) is 5.16. The van der Waals surface area contributed by atoms with Crippen LogP contribution in [-0.2, 0) is 0 Å². The predicted octanol–water partition coefficient (Wildman–Crippen LogP) is 1.96. The Balaban J connectivity index is 3.01. The molecule has 0 atom stereocenters. The molecule has 0 spiro atoms. The molecule has 2 aromatic rings. The summed E-state index contributed by atoms with van der Waals surface area (Å²) in [5.41, 5.74) is -1.68. The first-order chi connectivity index (χ1) is 11.5. The molecule has 1 heterocycles. The number of hydrogen-bond acceptors (Lipinski definition) is 8. The average Bonchev–Trinajstić information content (AvgIpc) is 2.59. The molecule has 0 aliphatic heterocycles. The molecular weight excluding hydrogens is 336 g/mol. The van der Waals surface area contributed by atoms with E-state index in [0.29, 0.717) is 0 Å². The number of nitro groups is 1. The van der Waals surface area contributed by atoms with Gasteiger partial charge < -0.3 is 14.5 Å². The number of nitrogens with one attached hydrogen (secondary N) is 1. The number of nitriles is 1. The van der Waals surface area contributed by atoms with Gasteiger partial charge in [-0.2, -0.15) is 5.26 Å². The van der Waals surface area contributed by atoms with Crippen LogP contribution in [0.15, 0.2) is 22.1 Å². The number of nitro benzene ring substituents is 1. The normalized spacial score (nSPS) is 10.1. The maximum atomic E-state index is 12.1. The molecule has 2 rings (SSSR count). The van der Waals surface area contributed by atoms with Gasteiger partial charge in [-0.1, -0.05) is 11.8 Å². The van der Waals surface area contributed by atoms with Crippen molar-refractivity contribution in [3.05, 3.63) is 38.2 Å². The van der Waals surface area contributed by atoms with Crippen LogP contribution in [0.3, 0.4) is 0 Å². The van der Waals surface area contributed by atoms with Crippen molar-refractivity contribution in [3.8, 4) is 28.8 Å². The fourth-order valence-electron chi connectivity index (χ4n) is 2.13. The van der Waals surface area contributed by atoms with Crippen molar-refractivity contribution in [3.63, 3.8) is 0 Å². The van der Waals surface area contributed by atoms with Crippen LogP contribution in [0.5, 0.6) is 11.5 Å². The van der Waals surface area contributed by atoms with Gasteiger partial charge in [0.05, 0.1) is 19.1 Å². The Labute approximate surface area is 140 Å². The number of rotatable bonds is 5. The first kappa shape index (κ1) is 17.3. The van der Waals surface area contributed by atoms with Crippen molar-refractivity contribution in [2.45, 2.75) is 5.16 Å². The number of ether oxygens (including phenoxy) is 2. The van der Waals surface area contributed by atoms with Gasteiger partial charge in [-0.05, 0) is 18.4 Å². The summed E-state index contributed by atoms with van der Waals surface area (Å²) in [7, 11) is 2.60. The topological polar surface area (TPSA) is 131 Å². The van der Waals surface area contributed by atoms with E-state index in [2.05, 4.69) is 9.97 Å². The Morgan fingerprint density at radius 2 is 1.96 bits per heavy atom. The van der Waals surface area contributed by atoms with Crippen molar-refractivity contribution >= 4 is 17.4 Å². The minimum Gasteiger partial charge on any atom is -0.496 e. The van der Waals surface area contributed by atoms with Crippen LogP contribution in [0, 0.1) is 21.4 Å². The van der Waals surface area contributed by atoms with Gasteiger partial charge in [0.1, 0.15) is 28.6 Å². The molecule has 1 aromatic heterocycles. The third-order valence-corrected chi connectivity index (χ3v) is 3.74. The van der Waals surface area contributed by atoms with E-state index >= 15 is 0 Å². The number of H-pyrrole nitrogens is 1. The second-order valence-electron chi connectivity index (χ2n) is 4.36. The fraction of sp³-hybridized carbons (Fsp3) is 0.214. The van der Waals surface area contributed by atoms with E-state index in [-0.39, 0.29) is 33.5 Å². The molecule has 0 saturated carbocycles. The standard InChI is InChI=1S/C14H12N4O5S/c1-22-8-4-5-9(23-2)12(18(20)21)10(8)11-7(6-15)13(19)17-14(16-11)24-3/h4-5H,1-3H3,(H,16,17,19). The van der Waals surface area contributed by atoms with Crippen molar-refractivity contribution in [2.75, 3.05) is 20.5 Å². The van der Waals surface area contributed by atoms with Crippen LogP contribution in [0.2, 0.25) is 0 Å². The van der Waals surface area contributed by atoms with Crippen molar-refractivity contribution < 1.29 is 14.4 Å². The number of aromatic amines is 1. The lowest BCUT2D eigenvalue weighted by molar-refractivity contribution is -0.385. The second kappa shape index (κ2) is 7.01. The summed E-state index contributed by atoms with van der Waals surface area (Å²) < 4.78 is 10.2. The van der Waals surface area contributed by atoms with E-state index in [1.165, 1.54) is 26.4 Å². The fourth-order valence-corrected chi connectivity index (χ4v) is 2.51. The first-order valence-electron chi connectivity index (χ1n) is 6.46. The van der Waals surface area contributed by atoms with Crippen molar-refractivity contribution in [1.82, 2.24) is 9.97 Å². The molecule has 0 radical (unpaired) electrons. The Kier molecular flexibility index (Phi) is 5.05. The number of benzene rings is 1. The van der Waals surface area contributed by atoms with Gasteiger partial charge in [0.2, 0.25) is 0 Å². The lowest BCUT2D eigenvalue weighted by Gasteiger charge is -2.12. The zero-order chi connectivity index (χ0) is 17.9. The van der Waals surface area contributed by atoms with Gasteiger partial charge >= 0.3 is 5.69 Å². The van der Waals surface area contributed by atoms with Crippen LogP contribution in [0.1, 0.15) is 5.56 Å². The van der Waals surface area contributed by atoms with Gasteiger partial charge in [0, 0.05) is 0 Å². The minimum absolute atomic E-state index is 0.0347. The van der Waals surface area contributed by atoms with E-state index < -0.39 is 16.2 Å². The van der Waals surface area contributed by atoms with E-state index in [4.69, 9.17) is 9.47 Å². The number of nitrogens with zero attached hydrogens (tertiary/aromatic N) is 3. The van der Waals surface area contributed by atoms with Gasteiger partial charge in [-0.25, -0.2) is 4.98 Å².